The van der Waals surface area contributed by atoms with Crippen molar-refractivity contribution in [1.29, 1.82) is 0 Å². The van der Waals surface area contributed by atoms with Crippen molar-refractivity contribution in [2.45, 2.75) is 313 Å². The Morgan fingerprint density at radius 3 is 0.664 bits per heavy atom. The monoisotopic (exact) mass is 2310 g/mol. The molecule has 1 aromatic heterocycles. The number of rotatable bonds is 39. The molecule has 146 heavy (non-hydrogen) atoms. The first-order chi connectivity index (χ1) is 68.3. The zero-order valence-electron chi connectivity index (χ0n) is 93.7. The lowest BCUT2D eigenvalue weighted by atomic mass is 10.3. The van der Waals surface area contributed by atoms with Crippen molar-refractivity contribution in [2.24, 2.45) is 0 Å². The number of nitrogens with zero attached hydrogens (tertiary/aromatic N) is 3. The molecule has 6 saturated heterocycles. The average Bonchev–Trinajstić information content (AvgIpc) is 1.12. The van der Waals surface area contributed by atoms with Gasteiger partial charge in [0.05, 0.1) is 38.5 Å². The van der Waals surface area contributed by atoms with E-state index in [1.54, 1.807) is 0 Å². The van der Waals surface area contributed by atoms with Gasteiger partial charge in [-0.2, -0.15) is 0 Å². The molecule has 0 N–H and O–H groups in total. The minimum Gasteiger partial charge on any atom is -0.456 e. The molecular formula is C103H173N3O22Si18. The molecule has 7 heterocycles. The van der Waals surface area contributed by atoms with Crippen LogP contribution >= 0.6 is 0 Å². The number of hydrogen-bond donors (Lipinski definition) is 0. The van der Waals surface area contributed by atoms with E-state index in [1.165, 1.54) is 49.9 Å². The topological polar surface area (TPSA) is 248 Å². The Hall–Kier alpha value is -4.95. The number of benzene rings is 8. The van der Waals surface area contributed by atoms with E-state index >= 15 is 0 Å². The van der Waals surface area contributed by atoms with E-state index in [0.717, 1.165) is 26.2 Å². The smallest absolute Gasteiger partial charge is 0.456 e. The number of ether oxygens (including phenoxy) is 2. The minimum absolute atomic E-state index is 0.0989. The van der Waals surface area contributed by atoms with Gasteiger partial charge in [0, 0.05) is 48.0 Å². The number of epoxide rings is 2. The summed E-state index contributed by atoms with van der Waals surface area (Å²) in [6.07, 6.45) is 8.45. The maximum Gasteiger partial charge on any atom is 0.515 e. The van der Waals surface area contributed by atoms with Crippen LogP contribution < -0.4 is 58.6 Å². The molecule has 0 spiro atoms. The zero-order valence-corrected chi connectivity index (χ0v) is 112. The highest BCUT2D eigenvalue weighted by molar-refractivity contribution is 7.11. The molecule has 2 unspecified atom stereocenters. The van der Waals surface area contributed by atoms with Crippen LogP contribution in [0.3, 0.4) is 0 Å². The van der Waals surface area contributed by atoms with Crippen LogP contribution in [-0.4, -0.2) is 193 Å². The van der Waals surface area contributed by atoms with Gasteiger partial charge in [0.25, 0.3) is 0 Å². The Kier molecular flexibility index (Phi) is 44.8. The molecule has 804 valence electrons. The highest BCUT2D eigenvalue weighted by Crippen LogP contribution is 2.46. The predicted octanol–water partition coefficient (Wildman–Crippen LogP) is 19.9. The van der Waals surface area contributed by atoms with Gasteiger partial charge in [-0.1, -0.05) is 329 Å². The second kappa shape index (κ2) is 52.5. The molecule has 8 aromatic carbocycles. The van der Waals surface area contributed by atoms with E-state index in [-0.39, 0.29) is 25.3 Å². The van der Waals surface area contributed by atoms with Crippen LogP contribution in [0.2, 0.25) is 194 Å². The maximum absolute atomic E-state index is 12.4. The predicted molar refractivity (Wildman–Crippen MR) is 638 cm³/mol. The van der Waals surface area contributed by atoms with Crippen molar-refractivity contribution >= 4 is 195 Å². The molecule has 6 aliphatic rings. The maximum atomic E-state index is 12.4. The van der Waals surface area contributed by atoms with Gasteiger partial charge in [-0.15, -0.1) is 6.58 Å². The normalized spacial score (nSPS) is 24.0. The van der Waals surface area contributed by atoms with Gasteiger partial charge in [0.2, 0.25) is 0 Å². The Morgan fingerprint density at radius 1 is 0.281 bits per heavy atom. The second-order valence-electron chi connectivity index (χ2n) is 45.5. The van der Waals surface area contributed by atoms with Crippen LogP contribution in [0.4, 0.5) is 0 Å². The third-order valence-corrected chi connectivity index (χ3v) is 88.4. The SMILES string of the molecule is C=CC[Si](C)(C)O[Si](C)(C)CCC.CC.CCCCn1c(=O)n(CC2CO2)c(=O)n(CC2CO2)c1=O.CCC[Si](C)(C)O[Si](C)(C)C.CCC[Si](C)(C)O[Si](C)(C)CCC.C[Si](C)(C)O[Si]1(c2ccccc2)O[Si]2(c3ccccc3)O[Si](O[Si](C)(C)C)(c3ccccc3)O[Si](c3ccccc3)(O1)O[Si]1(c3ccccc3)O[Si](O[Si](C)(C)C)(c3ccccc3)O[Si](c3ccccc3)(O[Si](O[Si](C)(C)C)(c3ccccc3)O1)O2. The first-order valence-corrected chi connectivity index (χ1v) is 98.8. The Bertz CT molecular complexity index is 5120. The fraction of sp³-hybridized carbons (Fsp3) is 0.485. The van der Waals surface area contributed by atoms with Gasteiger partial charge in [-0.05, 0) is 200 Å². The van der Waals surface area contributed by atoms with E-state index in [1.807, 2.05) is 270 Å². The van der Waals surface area contributed by atoms with Crippen LogP contribution in [0.15, 0.2) is 270 Å². The van der Waals surface area contributed by atoms with Crippen molar-refractivity contribution in [3.8, 4) is 0 Å². The van der Waals surface area contributed by atoms with Gasteiger partial charge in [-0.3, -0.25) is 0 Å². The molecule has 25 nitrogen and oxygen atoms in total. The summed E-state index contributed by atoms with van der Waals surface area (Å²) in [6, 6.07) is 84.7. The molecule has 4 bridgehead atoms. The summed E-state index contributed by atoms with van der Waals surface area (Å²) in [6.45, 7) is 76.2. The Morgan fingerprint density at radius 2 is 0.479 bits per heavy atom. The largest absolute Gasteiger partial charge is 0.515 e. The van der Waals surface area contributed by atoms with Gasteiger partial charge in [0.1, 0.15) is 0 Å². The Labute approximate surface area is 893 Å². The molecular weight excluding hydrogens is 2140 g/mol. The first-order valence-electron chi connectivity index (χ1n) is 52.4. The minimum atomic E-state index is -5.23. The molecule has 43 heteroatoms. The lowest BCUT2D eigenvalue weighted by Gasteiger charge is -2.58. The van der Waals surface area contributed by atoms with E-state index < -0.39 is 171 Å². The molecule has 0 radical (unpaired) electrons. The quantitative estimate of drug-likeness (QED) is 0.0197. The molecule has 0 saturated carbocycles. The summed E-state index contributed by atoms with van der Waals surface area (Å²) in [4.78, 5) is 37.1. The first kappa shape index (κ1) is 125. The van der Waals surface area contributed by atoms with Crippen LogP contribution in [0.25, 0.3) is 0 Å². The molecule has 0 aliphatic carbocycles. The molecule has 15 rings (SSSR count). The summed E-state index contributed by atoms with van der Waals surface area (Å²) in [7, 11) is -59.9. The molecule has 9 aromatic rings. The Balaban J connectivity index is 0.000000315. The highest BCUT2D eigenvalue weighted by Gasteiger charge is 2.81. The molecule has 6 aliphatic heterocycles. The average molecular weight is 2310 g/mol. The van der Waals surface area contributed by atoms with Crippen molar-refractivity contribution in [2.75, 3.05) is 13.2 Å². The van der Waals surface area contributed by atoms with Crippen molar-refractivity contribution < 1.29 is 79.4 Å². The molecule has 6 fully saturated rings. The number of allylic oxidation sites excluding steroid dienone is 1. The number of hydrogen-bond acceptors (Lipinski definition) is 22. The van der Waals surface area contributed by atoms with E-state index in [2.05, 4.69) is 198 Å². The van der Waals surface area contributed by atoms with Crippen molar-refractivity contribution in [3.63, 3.8) is 0 Å². The summed E-state index contributed by atoms with van der Waals surface area (Å²) < 4.78 is 151. The standard InChI is InChI=1S/C60H76O14Si12.C13H19N3O5.C10H26OSi2.C10H24OSi2.C8H22OSi2.C2H6/c1-75(2,3)61-79(53-37-21-13-22-38-53)65-83(57-45-29-17-30-46-57)67-80(62-76(4,5)6,54-39-23-14-24-40-54)68-84(66-79,58-47-31-18-32-48-58)74-86(60-51-35-20-36-52-60)70-81(63-77(7,8)9,55-41-25-15-26-42-55)69-85(73-83,59-49-33-19-34-50-59)71-82(72-86,64-78(10,11)12)56-43-27-16-28-44-56;1-2-3-4-14-11(17)15(5-9-7-20-9)13(19)16(12(14)18)6-10-8-21-10;2*1-7-9-12(3,4)11-13(5,6)10-8-2;1-7-8-11(5,6)9-10(2,3)4;1-2/h13-52H,1-12H3;9-10H,2-8H2,1H3;7-10H2,1-6H3;7H,1,8-10H2,2-6H3;7-8H2,1-6H3;1-2H3. The second-order valence-corrected chi connectivity index (χ2v) is 114. The molecule has 0 amide bonds. The van der Waals surface area contributed by atoms with Crippen LogP contribution in [-0.2, 0) is 99.1 Å². The van der Waals surface area contributed by atoms with Crippen LogP contribution in [0.5, 0.6) is 0 Å². The van der Waals surface area contributed by atoms with Gasteiger partial charge < -0.3 is 79.4 Å². The summed E-state index contributed by atoms with van der Waals surface area (Å²) in [5.41, 5.74) is -1.65. The van der Waals surface area contributed by atoms with E-state index in [0.29, 0.717) is 67.7 Å². The zero-order chi connectivity index (χ0) is 108. The van der Waals surface area contributed by atoms with Crippen molar-refractivity contribution in [1.82, 2.24) is 13.7 Å². The van der Waals surface area contributed by atoms with Crippen LogP contribution in [0, 0.1) is 0 Å². The lowest BCUT2D eigenvalue weighted by Crippen LogP contribution is -2.91. The van der Waals surface area contributed by atoms with Gasteiger partial charge in [-0.25, -0.2) is 28.1 Å². The highest BCUT2D eigenvalue weighted by atomic mass is 28.6. The fourth-order valence-corrected chi connectivity index (χ4v) is 100. The third kappa shape index (κ3) is 36.1. The summed E-state index contributed by atoms with van der Waals surface area (Å²) in [5, 5.41) is 4.46. The summed E-state index contributed by atoms with van der Waals surface area (Å²) >= 11 is 0. The molecule has 2 atom stereocenters. The van der Waals surface area contributed by atoms with E-state index in [9.17, 15) is 14.4 Å². The number of fused-ring (bicyclic) bond motifs is 4. The van der Waals surface area contributed by atoms with Crippen molar-refractivity contribution in [3.05, 3.63) is 287 Å². The lowest BCUT2D eigenvalue weighted by molar-refractivity contribution is 0.0483. The van der Waals surface area contributed by atoms with E-state index in [4.69, 9.17) is 79.4 Å². The van der Waals surface area contributed by atoms with Gasteiger partial charge >= 0.3 is 87.5 Å². The summed E-state index contributed by atoms with van der Waals surface area (Å²) in [5.74, 6) is 0. The number of aromatic nitrogens is 3. The van der Waals surface area contributed by atoms with Crippen LogP contribution in [0.1, 0.15) is 87.0 Å². The fourth-order valence-electron chi connectivity index (χ4n) is 18.0. The third-order valence-electron chi connectivity index (χ3n) is 22.9. The van der Waals surface area contributed by atoms with Gasteiger partial charge in [0.15, 0.2) is 83.2 Å². The number of unbranched alkanes of at least 4 members (excludes halogenated alkanes) is 1.